The first-order valence-corrected chi connectivity index (χ1v) is 12.0. The first kappa shape index (κ1) is 23.2. The van der Waals surface area contributed by atoms with E-state index >= 15 is 0 Å². The predicted molar refractivity (Wildman–Crippen MR) is 127 cm³/mol. The molecule has 0 radical (unpaired) electrons. The van der Waals surface area contributed by atoms with Crippen LogP contribution in [0.5, 0.6) is 0 Å². The third-order valence-electron chi connectivity index (χ3n) is 5.14. The van der Waals surface area contributed by atoms with Crippen molar-refractivity contribution in [3.8, 4) is 6.19 Å². The van der Waals surface area contributed by atoms with Gasteiger partial charge in [-0.25, -0.2) is 18.4 Å². The summed E-state index contributed by atoms with van der Waals surface area (Å²) >= 11 is 0. The minimum absolute atomic E-state index is 0.136. The Morgan fingerprint density at radius 2 is 1.76 bits per heavy atom. The van der Waals surface area contributed by atoms with Crippen LogP contribution in [0, 0.1) is 11.5 Å². The number of nitrogens with zero attached hydrogens (tertiary/aromatic N) is 5. The normalized spacial score (nSPS) is 14.3. The second kappa shape index (κ2) is 10.7. The first-order chi connectivity index (χ1) is 16.6. The van der Waals surface area contributed by atoms with Crippen LogP contribution in [0.1, 0.15) is 5.56 Å². The Morgan fingerprint density at radius 1 is 1.06 bits per heavy atom. The summed E-state index contributed by atoms with van der Waals surface area (Å²) in [4.78, 5) is 15.0. The van der Waals surface area contributed by atoms with E-state index in [0.29, 0.717) is 13.2 Å². The number of benzene rings is 1. The fourth-order valence-corrected chi connectivity index (χ4v) is 4.53. The Hall–Kier alpha value is -4.01. The van der Waals surface area contributed by atoms with Crippen molar-refractivity contribution in [1.29, 1.82) is 5.26 Å². The summed E-state index contributed by atoms with van der Waals surface area (Å²) < 4.78 is 31.4. The van der Waals surface area contributed by atoms with Crippen molar-refractivity contribution >= 4 is 27.3 Å². The first-order valence-electron chi connectivity index (χ1n) is 10.6. The van der Waals surface area contributed by atoms with Gasteiger partial charge in [0.1, 0.15) is 5.82 Å². The summed E-state index contributed by atoms with van der Waals surface area (Å²) in [5, 5.41) is 14.5. The van der Waals surface area contributed by atoms with E-state index in [-0.39, 0.29) is 22.3 Å². The molecule has 3 aromatic rings. The molecule has 1 aromatic carbocycles. The highest BCUT2D eigenvalue weighted by Crippen LogP contribution is 2.23. The number of nitriles is 1. The van der Waals surface area contributed by atoms with E-state index in [9.17, 15) is 8.42 Å². The molecule has 0 bridgehead atoms. The van der Waals surface area contributed by atoms with Gasteiger partial charge in [-0.3, -0.25) is 10.3 Å². The second-order valence-electron chi connectivity index (χ2n) is 7.36. The minimum atomic E-state index is -3.70. The maximum absolute atomic E-state index is 13.0. The largest absolute Gasteiger partial charge is 0.378 e. The lowest BCUT2D eigenvalue weighted by molar-refractivity contribution is 0.122. The van der Waals surface area contributed by atoms with Gasteiger partial charge in [0, 0.05) is 37.4 Å². The molecule has 1 aliphatic heterocycles. The lowest BCUT2D eigenvalue weighted by atomic mass is 10.2. The minimum Gasteiger partial charge on any atom is -0.378 e. The zero-order valence-electron chi connectivity index (χ0n) is 18.3. The third-order valence-corrected chi connectivity index (χ3v) is 6.89. The summed E-state index contributed by atoms with van der Waals surface area (Å²) in [7, 11) is -3.70. The van der Waals surface area contributed by atoms with Gasteiger partial charge < -0.3 is 15.0 Å². The number of guanidine groups is 1. The number of hydrogen-bond acceptors (Lipinski definition) is 8. The Kier molecular flexibility index (Phi) is 7.31. The molecule has 0 aliphatic carbocycles. The molecule has 0 amide bonds. The number of ether oxygens (including phenoxy) is 1. The summed E-state index contributed by atoms with van der Waals surface area (Å²) in [6, 6.07) is 13.3. The van der Waals surface area contributed by atoms with E-state index in [2.05, 4.69) is 30.5 Å². The molecule has 0 spiro atoms. The Balaban J connectivity index is 1.44. The number of nitrogens with one attached hydrogen (secondary N) is 2. The lowest BCUT2D eigenvalue weighted by Gasteiger charge is -2.27. The standard InChI is InChI=1S/C23H23N7O3S/c24-17-28-23(29-19-7-9-25-10-8-19)27-15-18-1-3-20(4-2-18)34(31,32)21-5-6-22(26-16-21)30-11-13-33-14-12-30/h1-10,16H,11-15H2,(H2,25,27,28,29). The van der Waals surface area contributed by atoms with Gasteiger partial charge in [-0.1, -0.05) is 12.1 Å². The summed E-state index contributed by atoms with van der Waals surface area (Å²) in [5.41, 5.74) is 1.51. The monoisotopic (exact) mass is 477 g/mol. The van der Waals surface area contributed by atoms with Crippen LogP contribution in [0.15, 0.2) is 81.9 Å². The highest BCUT2D eigenvalue weighted by molar-refractivity contribution is 7.91. The van der Waals surface area contributed by atoms with E-state index in [1.165, 1.54) is 6.20 Å². The van der Waals surface area contributed by atoms with Gasteiger partial charge in [0.25, 0.3) is 0 Å². The third kappa shape index (κ3) is 5.67. The Bertz CT molecular complexity index is 1270. The van der Waals surface area contributed by atoms with Crippen molar-refractivity contribution in [2.75, 3.05) is 36.5 Å². The van der Waals surface area contributed by atoms with Gasteiger partial charge in [-0.2, -0.15) is 5.26 Å². The van der Waals surface area contributed by atoms with E-state index in [1.807, 2.05) is 6.19 Å². The molecule has 174 valence electrons. The van der Waals surface area contributed by atoms with Crippen molar-refractivity contribution in [2.24, 2.45) is 4.99 Å². The average molecular weight is 478 g/mol. The number of anilines is 2. The predicted octanol–water partition coefficient (Wildman–Crippen LogP) is 2.18. The highest BCUT2D eigenvalue weighted by atomic mass is 32.2. The molecule has 4 rings (SSSR count). The van der Waals surface area contributed by atoms with Gasteiger partial charge in [0.2, 0.25) is 15.8 Å². The van der Waals surface area contributed by atoms with Crippen LogP contribution in [-0.2, 0) is 21.1 Å². The second-order valence-corrected chi connectivity index (χ2v) is 9.31. The molecule has 1 aliphatic rings. The fourth-order valence-electron chi connectivity index (χ4n) is 3.33. The Morgan fingerprint density at radius 3 is 2.41 bits per heavy atom. The highest BCUT2D eigenvalue weighted by Gasteiger charge is 2.19. The van der Waals surface area contributed by atoms with Crippen molar-refractivity contribution in [2.45, 2.75) is 16.3 Å². The van der Waals surface area contributed by atoms with Crippen molar-refractivity contribution in [1.82, 2.24) is 15.3 Å². The molecule has 0 unspecified atom stereocenters. The van der Waals surface area contributed by atoms with Crippen LogP contribution < -0.4 is 15.5 Å². The maximum atomic E-state index is 13.0. The van der Waals surface area contributed by atoms with E-state index < -0.39 is 9.84 Å². The van der Waals surface area contributed by atoms with Gasteiger partial charge in [0.05, 0.1) is 29.5 Å². The van der Waals surface area contributed by atoms with Crippen molar-refractivity contribution < 1.29 is 13.2 Å². The smallest absolute Gasteiger partial charge is 0.209 e. The lowest BCUT2D eigenvalue weighted by Crippen LogP contribution is -2.36. The van der Waals surface area contributed by atoms with Gasteiger partial charge >= 0.3 is 0 Å². The zero-order valence-corrected chi connectivity index (χ0v) is 19.1. The number of hydrogen-bond donors (Lipinski definition) is 2. The summed E-state index contributed by atoms with van der Waals surface area (Å²) in [6.45, 7) is 2.97. The number of sulfone groups is 1. The number of aliphatic imine (C=N–C) groups is 1. The maximum Gasteiger partial charge on any atom is 0.209 e. The molecule has 3 heterocycles. The quantitative estimate of drug-likeness (QED) is 0.237. The van der Waals surface area contributed by atoms with Crippen LogP contribution in [0.3, 0.4) is 0 Å². The molecule has 34 heavy (non-hydrogen) atoms. The van der Waals surface area contributed by atoms with Crippen LogP contribution >= 0.6 is 0 Å². The van der Waals surface area contributed by atoms with E-state index in [4.69, 9.17) is 10.00 Å². The van der Waals surface area contributed by atoms with E-state index in [1.54, 1.807) is 60.9 Å². The number of pyridine rings is 2. The molecule has 1 saturated heterocycles. The fraction of sp³-hybridized carbons (Fsp3) is 0.217. The van der Waals surface area contributed by atoms with Gasteiger partial charge in [-0.15, -0.1) is 0 Å². The molecule has 0 atom stereocenters. The molecule has 11 heteroatoms. The summed E-state index contributed by atoms with van der Waals surface area (Å²) in [5.74, 6) is 1.01. The number of morpholine rings is 1. The molecule has 10 nitrogen and oxygen atoms in total. The number of rotatable bonds is 6. The molecular weight excluding hydrogens is 454 g/mol. The molecule has 2 aromatic heterocycles. The molecular formula is C23H23N7O3S. The van der Waals surface area contributed by atoms with Crippen LogP contribution in [-0.4, -0.2) is 50.6 Å². The molecule has 2 N–H and O–H groups in total. The van der Waals surface area contributed by atoms with Gasteiger partial charge in [-0.05, 0) is 42.0 Å². The Labute approximate surface area is 197 Å². The van der Waals surface area contributed by atoms with Crippen molar-refractivity contribution in [3.63, 3.8) is 0 Å². The van der Waals surface area contributed by atoms with Crippen LogP contribution in [0.25, 0.3) is 0 Å². The van der Waals surface area contributed by atoms with Gasteiger partial charge in [0.15, 0.2) is 6.19 Å². The average Bonchev–Trinajstić information content (AvgIpc) is 2.89. The van der Waals surface area contributed by atoms with Crippen molar-refractivity contribution in [3.05, 3.63) is 72.7 Å². The molecule has 1 fully saturated rings. The SMILES string of the molecule is N#CNC(=NCc1ccc(S(=O)(=O)c2ccc(N3CCOCC3)nc2)cc1)Nc1ccncc1. The van der Waals surface area contributed by atoms with E-state index in [0.717, 1.165) is 30.2 Å². The molecule has 0 saturated carbocycles. The zero-order chi connectivity index (χ0) is 23.8. The van der Waals surface area contributed by atoms with Crippen LogP contribution in [0.2, 0.25) is 0 Å². The topological polar surface area (TPSA) is 133 Å². The number of aromatic nitrogens is 2. The van der Waals surface area contributed by atoms with Crippen LogP contribution in [0.4, 0.5) is 11.5 Å². The summed E-state index contributed by atoms with van der Waals surface area (Å²) in [6.07, 6.45) is 6.48.